The van der Waals surface area contributed by atoms with E-state index >= 15 is 0 Å². The molecule has 0 spiro atoms. The quantitative estimate of drug-likeness (QED) is 0.713. The van der Waals surface area contributed by atoms with Crippen LogP contribution in [0.1, 0.15) is 38.5 Å². The molecule has 1 aliphatic carbocycles. The Labute approximate surface area is 89.9 Å². The number of aliphatic hydroxyl groups excluding tert-OH is 1. The summed E-state index contributed by atoms with van der Waals surface area (Å²) in [5, 5.41) is 18.6. The van der Waals surface area contributed by atoms with Gasteiger partial charge in [0.15, 0.2) is 0 Å². The minimum atomic E-state index is -0.780. The van der Waals surface area contributed by atoms with Crippen LogP contribution in [0.4, 0.5) is 0 Å². The van der Waals surface area contributed by atoms with E-state index in [1.54, 1.807) is 0 Å². The summed E-state index contributed by atoms with van der Waals surface area (Å²) in [5.74, 6) is -0.780. The number of aliphatic carboxylic acids is 1. The standard InChI is InChI=1S/C11H19NO3/c13-9-6-10(11(14)15)12(7-9)8-4-2-1-3-5-8/h8-10,13H,1-7H2,(H,14,15). The second-order valence-electron chi connectivity index (χ2n) is 4.73. The number of carboxylic acids is 1. The topological polar surface area (TPSA) is 60.8 Å². The molecule has 2 atom stereocenters. The smallest absolute Gasteiger partial charge is 0.321 e. The van der Waals surface area contributed by atoms with Crippen molar-refractivity contribution in [3.05, 3.63) is 0 Å². The summed E-state index contributed by atoms with van der Waals surface area (Å²) in [6, 6.07) is -0.0694. The summed E-state index contributed by atoms with van der Waals surface area (Å²) in [6.07, 6.45) is 5.80. The summed E-state index contributed by atoms with van der Waals surface area (Å²) in [6.45, 7) is 0.543. The molecular weight excluding hydrogens is 194 g/mol. The molecule has 0 aromatic heterocycles. The van der Waals surface area contributed by atoms with Gasteiger partial charge in [0, 0.05) is 19.0 Å². The Hall–Kier alpha value is -0.610. The lowest BCUT2D eigenvalue weighted by Gasteiger charge is -2.33. The van der Waals surface area contributed by atoms with E-state index in [1.165, 1.54) is 19.3 Å². The van der Waals surface area contributed by atoms with Gasteiger partial charge in [-0.1, -0.05) is 19.3 Å². The average Bonchev–Trinajstić information content (AvgIpc) is 2.62. The zero-order chi connectivity index (χ0) is 10.8. The third-order valence-corrected chi connectivity index (χ3v) is 3.65. The van der Waals surface area contributed by atoms with Crippen LogP contribution in [0, 0.1) is 0 Å². The van der Waals surface area contributed by atoms with Gasteiger partial charge in [-0.05, 0) is 12.8 Å². The SMILES string of the molecule is O=C(O)C1CC(O)CN1C1CCCCC1. The highest BCUT2D eigenvalue weighted by Gasteiger charge is 2.39. The van der Waals surface area contributed by atoms with Crippen molar-refractivity contribution >= 4 is 5.97 Å². The van der Waals surface area contributed by atoms with Crippen LogP contribution >= 0.6 is 0 Å². The molecule has 2 rings (SSSR count). The molecule has 0 radical (unpaired) electrons. The van der Waals surface area contributed by atoms with Crippen molar-refractivity contribution < 1.29 is 15.0 Å². The molecule has 0 aromatic carbocycles. The number of aliphatic hydroxyl groups is 1. The molecule has 86 valence electrons. The fourth-order valence-corrected chi connectivity index (χ4v) is 2.90. The molecule has 1 saturated heterocycles. The predicted octanol–water partition coefficient (Wildman–Crippen LogP) is 0.839. The van der Waals surface area contributed by atoms with E-state index in [0.29, 0.717) is 19.0 Å². The number of likely N-dealkylation sites (tertiary alicyclic amines) is 1. The molecule has 2 unspecified atom stereocenters. The van der Waals surface area contributed by atoms with E-state index in [9.17, 15) is 9.90 Å². The highest BCUT2D eigenvalue weighted by atomic mass is 16.4. The molecule has 0 aromatic rings. The van der Waals surface area contributed by atoms with E-state index in [-0.39, 0.29) is 0 Å². The van der Waals surface area contributed by atoms with Gasteiger partial charge in [0.1, 0.15) is 6.04 Å². The van der Waals surface area contributed by atoms with Crippen LogP contribution in [0.3, 0.4) is 0 Å². The first-order valence-electron chi connectivity index (χ1n) is 5.85. The zero-order valence-electron chi connectivity index (χ0n) is 8.93. The minimum absolute atomic E-state index is 0.386. The van der Waals surface area contributed by atoms with Crippen molar-refractivity contribution in [1.29, 1.82) is 0 Å². The minimum Gasteiger partial charge on any atom is -0.480 e. The van der Waals surface area contributed by atoms with Crippen LogP contribution in [0.2, 0.25) is 0 Å². The summed E-state index contributed by atoms with van der Waals surface area (Å²) < 4.78 is 0. The number of nitrogens with zero attached hydrogens (tertiary/aromatic N) is 1. The van der Waals surface area contributed by atoms with Crippen LogP contribution in [0.25, 0.3) is 0 Å². The molecule has 1 aliphatic heterocycles. The van der Waals surface area contributed by atoms with Gasteiger partial charge in [0.2, 0.25) is 0 Å². The lowest BCUT2D eigenvalue weighted by atomic mass is 9.94. The van der Waals surface area contributed by atoms with Gasteiger partial charge in [0.25, 0.3) is 0 Å². The Morgan fingerprint density at radius 1 is 1.20 bits per heavy atom. The maximum absolute atomic E-state index is 11.0. The van der Waals surface area contributed by atoms with E-state index in [2.05, 4.69) is 0 Å². The lowest BCUT2D eigenvalue weighted by molar-refractivity contribution is -0.143. The largest absolute Gasteiger partial charge is 0.480 e. The van der Waals surface area contributed by atoms with Gasteiger partial charge in [-0.15, -0.1) is 0 Å². The predicted molar refractivity (Wildman–Crippen MR) is 55.6 cm³/mol. The third-order valence-electron chi connectivity index (χ3n) is 3.65. The van der Waals surface area contributed by atoms with Crippen LogP contribution in [0.15, 0.2) is 0 Å². The van der Waals surface area contributed by atoms with Gasteiger partial charge >= 0.3 is 5.97 Å². The number of β-amino-alcohol motifs (C(OH)–C–C–N with tert-alkyl or cyclic N) is 1. The maximum atomic E-state index is 11.0. The fraction of sp³-hybridized carbons (Fsp3) is 0.909. The Morgan fingerprint density at radius 3 is 2.47 bits per heavy atom. The van der Waals surface area contributed by atoms with E-state index < -0.39 is 18.1 Å². The summed E-state index contributed by atoms with van der Waals surface area (Å²) in [5.41, 5.74) is 0. The molecule has 0 bridgehead atoms. The van der Waals surface area contributed by atoms with E-state index in [4.69, 9.17) is 5.11 Å². The van der Waals surface area contributed by atoms with Gasteiger partial charge in [-0.2, -0.15) is 0 Å². The molecule has 1 heterocycles. The van der Waals surface area contributed by atoms with Crippen molar-refractivity contribution in [1.82, 2.24) is 4.90 Å². The summed E-state index contributed by atoms with van der Waals surface area (Å²) in [4.78, 5) is 13.1. The number of rotatable bonds is 2. The number of hydrogen-bond donors (Lipinski definition) is 2. The van der Waals surface area contributed by atoms with Gasteiger partial charge in [0.05, 0.1) is 6.10 Å². The van der Waals surface area contributed by atoms with Crippen molar-refractivity contribution in [2.24, 2.45) is 0 Å². The van der Waals surface area contributed by atoms with Crippen LogP contribution in [-0.4, -0.2) is 45.8 Å². The molecule has 1 saturated carbocycles. The summed E-state index contributed by atoms with van der Waals surface area (Å²) in [7, 11) is 0. The second kappa shape index (κ2) is 4.49. The Morgan fingerprint density at radius 2 is 1.87 bits per heavy atom. The van der Waals surface area contributed by atoms with Gasteiger partial charge in [-0.3, -0.25) is 9.69 Å². The molecule has 2 fully saturated rings. The molecule has 2 N–H and O–H groups in total. The number of carboxylic acid groups (broad SMARTS) is 1. The number of hydrogen-bond acceptors (Lipinski definition) is 3. The molecular formula is C11H19NO3. The monoisotopic (exact) mass is 213 g/mol. The van der Waals surface area contributed by atoms with Crippen molar-refractivity contribution in [3.63, 3.8) is 0 Å². The van der Waals surface area contributed by atoms with Crippen molar-refractivity contribution in [2.45, 2.75) is 56.7 Å². The average molecular weight is 213 g/mol. The molecule has 0 amide bonds. The first-order valence-corrected chi connectivity index (χ1v) is 5.85. The lowest BCUT2D eigenvalue weighted by Crippen LogP contribution is -2.44. The van der Waals surface area contributed by atoms with Crippen molar-refractivity contribution in [3.8, 4) is 0 Å². The Balaban J connectivity index is 2.02. The van der Waals surface area contributed by atoms with E-state index in [0.717, 1.165) is 12.8 Å². The first-order chi connectivity index (χ1) is 7.18. The van der Waals surface area contributed by atoms with Crippen LogP contribution < -0.4 is 0 Å². The van der Waals surface area contributed by atoms with Crippen LogP contribution in [-0.2, 0) is 4.79 Å². The van der Waals surface area contributed by atoms with E-state index in [1.807, 2.05) is 4.90 Å². The van der Waals surface area contributed by atoms with Crippen LogP contribution in [0.5, 0.6) is 0 Å². The molecule has 4 heteroatoms. The molecule has 4 nitrogen and oxygen atoms in total. The maximum Gasteiger partial charge on any atom is 0.321 e. The third kappa shape index (κ3) is 2.32. The van der Waals surface area contributed by atoms with Gasteiger partial charge < -0.3 is 10.2 Å². The second-order valence-corrected chi connectivity index (χ2v) is 4.73. The highest BCUT2D eigenvalue weighted by molar-refractivity contribution is 5.74. The fourth-order valence-electron chi connectivity index (χ4n) is 2.90. The zero-order valence-corrected chi connectivity index (χ0v) is 8.93. The molecule has 15 heavy (non-hydrogen) atoms. The Kier molecular flexibility index (Phi) is 3.26. The highest BCUT2D eigenvalue weighted by Crippen LogP contribution is 2.29. The first kappa shape index (κ1) is 10.9. The summed E-state index contributed by atoms with van der Waals surface area (Å²) >= 11 is 0. The van der Waals surface area contributed by atoms with Crippen molar-refractivity contribution in [2.75, 3.05) is 6.54 Å². The normalized spacial score (nSPS) is 34.5. The molecule has 2 aliphatic rings. The number of carbonyl (C=O) groups is 1. The Bertz CT molecular complexity index is 238. The van der Waals surface area contributed by atoms with Gasteiger partial charge in [-0.25, -0.2) is 0 Å².